The first-order chi connectivity index (χ1) is 11.0. The summed E-state index contributed by atoms with van der Waals surface area (Å²) < 4.78 is 0.848. The van der Waals surface area contributed by atoms with Crippen molar-refractivity contribution in [1.82, 2.24) is 10.2 Å². The number of hydrogen-bond acceptors (Lipinski definition) is 3. The van der Waals surface area contributed by atoms with E-state index in [0.29, 0.717) is 25.9 Å². The van der Waals surface area contributed by atoms with Crippen molar-refractivity contribution in [2.45, 2.75) is 12.8 Å². The quantitative estimate of drug-likeness (QED) is 0.715. The normalized spacial score (nSPS) is 15.6. The Kier molecular flexibility index (Phi) is 7.06. The van der Waals surface area contributed by atoms with Gasteiger partial charge in [-0.1, -0.05) is 34.8 Å². The van der Waals surface area contributed by atoms with Gasteiger partial charge in [0, 0.05) is 28.2 Å². The summed E-state index contributed by atoms with van der Waals surface area (Å²) in [7, 11) is 1.96. The predicted octanol–water partition coefficient (Wildman–Crippen LogP) is 5.35. The molecule has 0 aliphatic carbocycles. The average Bonchev–Trinajstić information content (AvgIpc) is 2.84. The lowest BCUT2D eigenvalue weighted by Gasteiger charge is -2.31. The van der Waals surface area contributed by atoms with Gasteiger partial charge in [0.15, 0.2) is 0 Å². The van der Waals surface area contributed by atoms with Crippen LogP contribution >= 0.6 is 58.5 Å². The fraction of sp³-hybridized carbons (Fsp3) is 0.438. The van der Waals surface area contributed by atoms with Gasteiger partial charge in [-0.05, 0) is 44.5 Å². The summed E-state index contributed by atoms with van der Waals surface area (Å²) in [4.78, 5) is 15.3. The molecule has 1 amide bonds. The van der Waals surface area contributed by atoms with Crippen molar-refractivity contribution in [2.75, 3.05) is 26.7 Å². The molecule has 1 aliphatic rings. The molecule has 3 rings (SSSR count). The second-order valence-corrected chi connectivity index (χ2v) is 8.07. The molecular formula is C16H18Cl4N2OS. The van der Waals surface area contributed by atoms with E-state index in [0.717, 1.165) is 42.6 Å². The minimum Gasteiger partial charge on any atom is -0.338 e. The Hall–Kier alpha value is -0.230. The zero-order valence-electron chi connectivity index (χ0n) is 13.1. The number of fused-ring (bicyclic) bond motifs is 1. The maximum atomic E-state index is 12.8. The summed E-state index contributed by atoms with van der Waals surface area (Å²) >= 11 is 20.1. The fourth-order valence-corrected chi connectivity index (χ4v) is 5.36. The Morgan fingerprint density at radius 3 is 2.58 bits per heavy atom. The third-order valence-corrected chi connectivity index (χ3v) is 6.37. The number of hydrogen-bond donors (Lipinski definition) is 1. The number of piperidine rings is 1. The monoisotopic (exact) mass is 426 g/mol. The van der Waals surface area contributed by atoms with Crippen molar-refractivity contribution in [3.8, 4) is 0 Å². The topological polar surface area (TPSA) is 32.3 Å². The largest absolute Gasteiger partial charge is 0.338 e. The molecule has 0 radical (unpaired) electrons. The fourth-order valence-electron chi connectivity index (χ4n) is 3.02. The first-order valence-electron chi connectivity index (χ1n) is 7.52. The van der Waals surface area contributed by atoms with E-state index in [1.807, 2.05) is 11.9 Å². The van der Waals surface area contributed by atoms with Crippen LogP contribution in [0.25, 0.3) is 10.1 Å². The molecule has 0 bridgehead atoms. The van der Waals surface area contributed by atoms with E-state index in [4.69, 9.17) is 34.8 Å². The summed E-state index contributed by atoms with van der Waals surface area (Å²) in [5.41, 5.74) is 0. The Morgan fingerprint density at radius 2 is 1.96 bits per heavy atom. The lowest BCUT2D eigenvalue weighted by atomic mass is 9.97. The summed E-state index contributed by atoms with van der Waals surface area (Å²) in [6, 6.07) is 3.46. The summed E-state index contributed by atoms with van der Waals surface area (Å²) in [6.45, 7) is 2.54. The summed E-state index contributed by atoms with van der Waals surface area (Å²) in [6.07, 6.45) is 2.03. The van der Waals surface area contributed by atoms with E-state index in [1.54, 1.807) is 12.1 Å². The van der Waals surface area contributed by atoms with E-state index in [1.165, 1.54) is 11.3 Å². The lowest BCUT2D eigenvalue weighted by Crippen LogP contribution is -2.40. The molecular weight excluding hydrogens is 410 g/mol. The predicted molar refractivity (Wildman–Crippen MR) is 107 cm³/mol. The molecule has 2 heterocycles. The summed E-state index contributed by atoms with van der Waals surface area (Å²) in [5.74, 6) is 0.626. The number of carbonyl (C=O) groups excluding carboxylic acids is 1. The molecule has 2 aromatic rings. The van der Waals surface area contributed by atoms with Crippen LogP contribution < -0.4 is 5.32 Å². The lowest BCUT2D eigenvalue weighted by molar-refractivity contribution is 0.0696. The van der Waals surface area contributed by atoms with Crippen LogP contribution in [0, 0.1) is 5.92 Å². The van der Waals surface area contributed by atoms with Gasteiger partial charge in [-0.3, -0.25) is 4.79 Å². The van der Waals surface area contributed by atoms with E-state index < -0.39 is 0 Å². The highest BCUT2D eigenvalue weighted by molar-refractivity contribution is 7.21. The molecule has 1 aromatic carbocycles. The van der Waals surface area contributed by atoms with E-state index in [-0.39, 0.29) is 18.3 Å². The van der Waals surface area contributed by atoms with Gasteiger partial charge >= 0.3 is 0 Å². The Bertz CT molecular complexity index is 741. The number of nitrogens with zero attached hydrogens (tertiary/aromatic N) is 1. The van der Waals surface area contributed by atoms with E-state index >= 15 is 0 Å². The second kappa shape index (κ2) is 8.43. The molecule has 1 aliphatic heterocycles. The highest BCUT2D eigenvalue weighted by Crippen LogP contribution is 2.41. The molecule has 1 fully saturated rings. The molecule has 0 spiro atoms. The number of thiophene rings is 1. The summed E-state index contributed by atoms with van der Waals surface area (Å²) in [5, 5.41) is 5.39. The molecule has 1 N–H and O–H groups in total. The van der Waals surface area contributed by atoms with Crippen LogP contribution in [0.5, 0.6) is 0 Å². The molecule has 0 saturated carbocycles. The van der Waals surface area contributed by atoms with Gasteiger partial charge in [-0.2, -0.15) is 0 Å². The molecule has 132 valence electrons. The minimum atomic E-state index is -0.00806. The first kappa shape index (κ1) is 20.1. The first-order valence-corrected chi connectivity index (χ1v) is 9.47. The Labute approximate surface area is 166 Å². The molecule has 0 unspecified atom stereocenters. The standard InChI is InChI=1S/C16H17Cl3N2OS.ClH/c1-20-8-9-2-4-21(5-3-9)16(22)15-14(19)13-11(18)6-10(17)7-12(13)23-15;/h6-7,9,20H,2-5,8H2,1H3;1H. The number of rotatable bonds is 3. The van der Waals surface area contributed by atoms with Gasteiger partial charge in [0.25, 0.3) is 5.91 Å². The molecule has 0 atom stereocenters. The van der Waals surface area contributed by atoms with Crippen LogP contribution in [0.4, 0.5) is 0 Å². The Morgan fingerprint density at radius 1 is 1.29 bits per heavy atom. The van der Waals surface area contributed by atoms with Crippen LogP contribution in [0.2, 0.25) is 15.1 Å². The van der Waals surface area contributed by atoms with Crippen molar-refractivity contribution in [2.24, 2.45) is 5.92 Å². The molecule has 1 aromatic heterocycles. The minimum absolute atomic E-state index is 0. The highest BCUT2D eigenvalue weighted by atomic mass is 35.5. The molecule has 8 heteroatoms. The van der Waals surface area contributed by atoms with Crippen molar-refractivity contribution < 1.29 is 4.79 Å². The van der Waals surface area contributed by atoms with E-state index in [9.17, 15) is 4.79 Å². The second-order valence-electron chi connectivity index (χ2n) is 5.80. The van der Waals surface area contributed by atoms with Crippen LogP contribution in [0.3, 0.4) is 0 Å². The van der Waals surface area contributed by atoms with Crippen LogP contribution in [0.1, 0.15) is 22.5 Å². The SMILES string of the molecule is CNCC1CCN(C(=O)c2sc3cc(Cl)cc(Cl)c3c2Cl)CC1.Cl. The number of amides is 1. The van der Waals surface area contributed by atoms with Gasteiger partial charge in [0.2, 0.25) is 0 Å². The van der Waals surface area contributed by atoms with Gasteiger partial charge < -0.3 is 10.2 Å². The van der Waals surface area contributed by atoms with Crippen LogP contribution in [-0.2, 0) is 0 Å². The smallest absolute Gasteiger partial charge is 0.265 e. The molecule has 3 nitrogen and oxygen atoms in total. The van der Waals surface area contributed by atoms with Crippen LogP contribution in [0.15, 0.2) is 12.1 Å². The average molecular weight is 428 g/mol. The Balaban J connectivity index is 0.00000208. The van der Waals surface area contributed by atoms with Crippen molar-refractivity contribution in [3.63, 3.8) is 0 Å². The van der Waals surface area contributed by atoms with Crippen LogP contribution in [-0.4, -0.2) is 37.5 Å². The maximum absolute atomic E-state index is 12.8. The number of likely N-dealkylation sites (tertiary alicyclic amines) is 1. The number of halogens is 4. The third-order valence-electron chi connectivity index (χ3n) is 4.24. The third kappa shape index (κ3) is 3.95. The maximum Gasteiger partial charge on any atom is 0.265 e. The van der Waals surface area contributed by atoms with Gasteiger partial charge in [-0.25, -0.2) is 0 Å². The van der Waals surface area contributed by atoms with Gasteiger partial charge in [-0.15, -0.1) is 23.7 Å². The number of carbonyl (C=O) groups is 1. The van der Waals surface area contributed by atoms with Crippen molar-refractivity contribution in [1.29, 1.82) is 0 Å². The van der Waals surface area contributed by atoms with Gasteiger partial charge in [0.05, 0.1) is 10.0 Å². The number of benzene rings is 1. The van der Waals surface area contributed by atoms with E-state index in [2.05, 4.69) is 5.32 Å². The molecule has 24 heavy (non-hydrogen) atoms. The highest BCUT2D eigenvalue weighted by Gasteiger charge is 2.27. The molecule has 1 saturated heterocycles. The number of nitrogens with one attached hydrogen (secondary N) is 1. The zero-order valence-corrected chi connectivity index (χ0v) is 17.0. The zero-order chi connectivity index (χ0) is 16.6. The van der Waals surface area contributed by atoms with Crippen molar-refractivity contribution >= 4 is 74.5 Å². The van der Waals surface area contributed by atoms with Gasteiger partial charge in [0.1, 0.15) is 4.88 Å². The van der Waals surface area contributed by atoms with Crippen molar-refractivity contribution in [3.05, 3.63) is 32.1 Å².